The van der Waals surface area contributed by atoms with E-state index in [2.05, 4.69) is 55.8 Å². The Labute approximate surface area is 151 Å². The van der Waals surface area contributed by atoms with Gasteiger partial charge in [-0.1, -0.05) is 74.0 Å². The summed E-state index contributed by atoms with van der Waals surface area (Å²) in [6.07, 6.45) is 11.7. The van der Waals surface area contributed by atoms with Crippen LogP contribution in [0.25, 0.3) is 0 Å². The van der Waals surface area contributed by atoms with Crippen molar-refractivity contribution in [2.24, 2.45) is 0 Å². The maximum atomic E-state index is 3.89. The number of anilines is 1. The molecule has 1 aromatic rings. The first-order chi connectivity index (χ1) is 11.7. The summed E-state index contributed by atoms with van der Waals surface area (Å²) in [7, 11) is 0. The zero-order chi connectivity index (χ0) is 17.9. The van der Waals surface area contributed by atoms with Gasteiger partial charge in [-0.3, -0.25) is 0 Å². The van der Waals surface area contributed by atoms with E-state index in [0.29, 0.717) is 0 Å². The first kappa shape index (κ1) is 19.9. The van der Waals surface area contributed by atoms with E-state index in [-0.39, 0.29) is 0 Å². The molecule has 0 amide bonds. The number of benzene rings is 1. The Balaban J connectivity index is 0.000000307. The van der Waals surface area contributed by atoms with Crippen molar-refractivity contribution in [1.29, 1.82) is 0 Å². The number of allylic oxidation sites excluding steroid dienone is 7. The Morgan fingerprint density at radius 2 is 1.83 bits per heavy atom. The highest BCUT2D eigenvalue weighted by Gasteiger charge is 2.20. The molecule has 2 rings (SSSR count). The van der Waals surface area contributed by atoms with Gasteiger partial charge in [0.1, 0.15) is 0 Å². The molecule has 0 saturated heterocycles. The highest BCUT2D eigenvalue weighted by atomic mass is 32.2. The number of thioether (sulfide) groups is 1. The summed E-state index contributed by atoms with van der Waals surface area (Å²) in [5.41, 5.74) is 3.59. The quantitative estimate of drug-likeness (QED) is 0.538. The Bertz CT molecular complexity index is 677. The topological polar surface area (TPSA) is 3.24 Å². The molecular formula is C22H27NS. The van der Waals surface area contributed by atoms with E-state index in [1.165, 1.54) is 21.1 Å². The summed E-state index contributed by atoms with van der Waals surface area (Å²) < 4.78 is 0. The molecule has 0 saturated carbocycles. The van der Waals surface area contributed by atoms with Crippen molar-refractivity contribution in [1.82, 2.24) is 0 Å². The number of hydrogen-bond acceptors (Lipinski definition) is 2. The Kier molecular flexibility index (Phi) is 8.74. The van der Waals surface area contributed by atoms with E-state index in [1.807, 2.05) is 50.3 Å². The average molecular weight is 338 g/mol. The molecule has 0 fully saturated rings. The van der Waals surface area contributed by atoms with Gasteiger partial charge in [0.05, 0.1) is 11.4 Å². The molecule has 1 heterocycles. The van der Waals surface area contributed by atoms with Crippen molar-refractivity contribution in [2.45, 2.75) is 25.7 Å². The van der Waals surface area contributed by atoms with Crippen LogP contribution in [0, 0.1) is 0 Å². The van der Waals surface area contributed by atoms with Crippen LogP contribution in [0.4, 0.5) is 5.69 Å². The monoisotopic (exact) mass is 337 g/mol. The molecule has 0 bridgehead atoms. The van der Waals surface area contributed by atoms with Gasteiger partial charge >= 0.3 is 0 Å². The van der Waals surface area contributed by atoms with E-state index in [9.17, 15) is 0 Å². The molecule has 0 aliphatic carbocycles. The van der Waals surface area contributed by atoms with Crippen molar-refractivity contribution in [3.8, 4) is 0 Å². The number of hydrogen-bond donors (Lipinski definition) is 0. The Hall–Kier alpha value is -2.19. The molecule has 1 aliphatic rings. The molecule has 126 valence electrons. The third kappa shape index (κ3) is 4.90. The minimum Gasteiger partial charge on any atom is -0.340 e. The molecule has 0 spiro atoms. The van der Waals surface area contributed by atoms with Crippen LogP contribution in [0.2, 0.25) is 0 Å². The second-order valence-electron chi connectivity index (χ2n) is 4.96. The zero-order valence-corrected chi connectivity index (χ0v) is 15.8. The van der Waals surface area contributed by atoms with Crippen LogP contribution < -0.4 is 4.90 Å². The maximum absolute atomic E-state index is 3.89. The summed E-state index contributed by atoms with van der Waals surface area (Å²) in [6, 6.07) is 8.43. The van der Waals surface area contributed by atoms with Gasteiger partial charge in [0, 0.05) is 16.3 Å². The second kappa shape index (κ2) is 10.6. The van der Waals surface area contributed by atoms with Crippen LogP contribution >= 0.6 is 11.8 Å². The van der Waals surface area contributed by atoms with Crippen LogP contribution in [0.3, 0.4) is 0 Å². The standard InChI is InChI=1S/C14H15NS.C8H12/c1-4-11-13(5-2)16-14-10-8-7-9-12(14)15(11)6-3;1-4-7-8(5-2)6-3/h4-5,7-10H,1-2,6H2,3H3;4-7H,2H2,1,3H3/b;7-4-,8-6-. The highest BCUT2D eigenvalue weighted by molar-refractivity contribution is 8.03. The third-order valence-corrected chi connectivity index (χ3v) is 4.70. The van der Waals surface area contributed by atoms with Gasteiger partial charge < -0.3 is 4.90 Å². The lowest BCUT2D eigenvalue weighted by molar-refractivity contribution is 0.955. The first-order valence-electron chi connectivity index (χ1n) is 8.11. The SMILES string of the molecule is C=CC(/C=C\C)=C/C.C=CC1=C(C=C)N(CC)c2ccccc2S1. The van der Waals surface area contributed by atoms with Crippen molar-refractivity contribution >= 4 is 17.4 Å². The fourth-order valence-corrected chi connectivity index (χ4v) is 3.42. The summed E-state index contributed by atoms with van der Waals surface area (Å²) in [5.74, 6) is 0. The van der Waals surface area contributed by atoms with Crippen LogP contribution in [-0.2, 0) is 0 Å². The third-order valence-electron chi connectivity index (χ3n) is 3.54. The summed E-state index contributed by atoms with van der Waals surface area (Å²) in [4.78, 5) is 4.73. The van der Waals surface area contributed by atoms with Gasteiger partial charge in [-0.2, -0.15) is 0 Å². The Morgan fingerprint density at radius 3 is 2.29 bits per heavy atom. The molecule has 1 aliphatic heterocycles. The van der Waals surface area contributed by atoms with Crippen molar-refractivity contribution < 1.29 is 0 Å². The van der Waals surface area contributed by atoms with Gasteiger partial charge in [-0.25, -0.2) is 0 Å². The minimum atomic E-state index is 0.941. The number of para-hydroxylation sites is 1. The van der Waals surface area contributed by atoms with Crippen LogP contribution in [0.15, 0.2) is 102 Å². The second-order valence-corrected chi connectivity index (χ2v) is 6.05. The fraction of sp³-hybridized carbons (Fsp3) is 0.182. The zero-order valence-electron chi connectivity index (χ0n) is 15.0. The van der Waals surface area contributed by atoms with Crippen molar-refractivity contribution in [2.75, 3.05) is 11.4 Å². The van der Waals surface area contributed by atoms with Crippen LogP contribution in [0.1, 0.15) is 20.8 Å². The lowest BCUT2D eigenvalue weighted by Crippen LogP contribution is -2.24. The maximum Gasteiger partial charge on any atom is 0.0552 e. The van der Waals surface area contributed by atoms with Gasteiger partial charge in [0.2, 0.25) is 0 Å². The molecular weight excluding hydrogens is 310 g/mol. The van der Waals surface area contributed by atoms with Gasteiger partial charge in [0.15, 0.2) is 0 Å². The fourth-order valence-electron chi connectivity index (χ4n) is 2.37. The number of rotatable bonds is 5. The van der Waals surface area contributed by atoms with Gasteiger partial charge in [-0.05, 0) is 44.6 Å². The van der Waals surface area contributed by atoms with E-state index in [0.717, 1.165) is 12.2 Å². The van der Waals surface area contributed by atoms with Crippen LogP contribution in [-0.4, -0.2) is 6.54 Å². The number of fused-ring (bicyclic) bond motifs is 1. The lowest BCUT2D eigenvalue weighted by atomic mass is 10.2. The van der Waals surface area contributed by atoms with Crippen LogP contribution in [0.5, 0.6) is 0 Å². The van der Waals surface area contributed by atoms with E-state index in [1.54, 1.807) is 11.8 Å². The highest BCUT2D eigenvalue weighted by Crippen LogP contribution is 2.43. The van der Waals surface area contributed by atoms with E-state index < -0.39 is 0 Å². The van der Waals surface area contributed by atoms with E-state index >= 15 is 0 Å². The smallest absolute Gasteiger partial charge is 0.0552 e. The average Bonchev–Trinajstić information content (AvgIpc) is 2.64. The molecule has 24 heavy (non-hydrogen) atoms. The molecule has 0 radical (unpaired) electrons. The summed E-state index contributed by atoms with van der Waals surface area (Å²) >= 11 is 1.76. The summed E-state index contributed by atoms with van der Waals surface area (Å²) in [6.45, 7) is 18.5. The normalized spacial score (nSPS) is 14.0. The summed E-state index contributed by atoms with van der Waals surface area (Å²) in [5, 5.41) is 0. The Morgan fingerprint density at radius 1 is 1.12 bits per heavy atom. The lowest BCUT2D eigenvalue weighted by Gasteiger charge is -2.32. The molecule has 1 nitrogen and oxygen atoms in total. The minimum absolute atomic E-state index is 0.941. The predicted octanol–water partition coefficient (Wildman–Crippen LogP) is 6.90. The van der Waals surface area contributed by atoms with E-state index in [4.69, 9.17) is 0 Å². The van der Waals surface area contributed by atoms with Crippen molar-refractivity contribution in [3.63, 3.8) is 0 Å². The molecule has 0 N–H and O–H groups in total. The molecule has 0 aromatic heterocycles. The molecule has 1 aromatic carbocycles. The molecule has 2 heteroatoms. The van der Waals surface area contributed by atoms with Crippen molar-refractivity contribution in [3.05, 3.63) is 96.6 Å². The molecule has 0 unspecified atom stereocenters. The number of likely N-dealkylation sites (N-methyl/N-ethyl adjacent to an activating group) is 1. The first-order valence-corrected chi connectivity index (χ1v) is 8.93. The molecule has 0 atom stereocenters. The number of nitrogens with zero attached hydrogens (tertiary/aromatic N) is 1. The van der Waals surface area contributed by atoms with Gasteiger partial charge in [-0.15, -0.1) is 0 Å². The predicted molar refractivity (Wildman–Crippen MR) is 112 cm³/mol. The van der Waals surface area contributed by atoms with Gasteiger partial charge in [0.25, 0.3) is 0 Å². The largest absolute Gasteiger partial charge is 0.340 e.